The Morgan fingerprint density at radius 3 is 2.82 bits per heavy atom. The molecule has 0 aromatic heterocycles. The molecule has 0 saturated carbocycles. The van der Waals surface area contributed by atoms with Gasteiger partial charge in [0.1, 0.15) is 11.8 Å². The first-order valence-electron chi connectivity index (χ1n) is 5.94. The molecule has 4 heteroatoms. The fourth-order valence-corrected chi connectivity index (χ4v) is 1.59. The molecule has 3 N–H and O–H groups in total. The molecule has 0 aliphatic carbocycles. The zero-order chi connectivity index (χ0) is 12.7. The Labute approximate surface area is 102 Å². The summed E-state index contributed by atoms with van der Waals surface area (Å²) < 4.78 is 5.52. The SMILES string of the molecule is CCCOc1cccc(C(NCC)C(N)=O)c1. The van der Waals surface area contributed by atoms with Crippen LogP contribution in [0, 0.1) is 0 Å². The molecule has 0 radical (unpaired) electrons. The van der Waals surface area contributed by atoms with E-state index in [2.05, 4.69) is 12.2 Å². The van der Waals surface area contributed by atoms with Gasteiger partial charge in [-0.1, -0.05) is 26.0 Å². The number of hydrogen-bond donors (Lipinski definition) is 2. The number of nitrogens with two attached hydrogens (primary N) is 1. The van der Waals surface area contributed by atoms with Crippen LogP contribution >= 0.6 is 0 Å². The first-order valence-corrected chi connectivity index (χ1v) is 5.94. The number of hydrogen-bond acceptors (Lipinski definition) is 3. The van der Waals surface area contributed by atoms with Gasteiger partial charge in [0.15, 0.2) is 0 Å². The molecule has 1 rings (SSSR count). The van der Waals surface area contributed by atoms with Gasteiger partial charge in [-0.25, -0.2) is 0 Å². The average Bonchev–Trinajstić information content (AvgIpc) is 2.33. The Kier molecular flexibility index (Phi) is 5.49. The van der Waals surface area contributed by atoms with Gasteiger partial charge in [-0.2, -0.15) is 0 Å². The Morgan fingerprint density at radius 2 is 2.24 bits per heavy atom. The zero-order valence-corrected chi connectivity index (χ0v) is 10.4. The van der Waals surface area contributed by atoms with Crippen molar-refractivity contribution < 1.29 is 9.53 Å². The summed E-state index contributed by atoms with van der Waals surface area (Å²) in [4.78, 5) is 11.3. The minimum Gasteiger partial charge on any atom is -0.494 e. The van der Waals surface area contributed by atoms with Crippen molar-refractivity contribution >= 4 is 5.91 Å². The molecule has 0 aliphatic heterocycles. The van der Waals surface area contributed by atoms with Crippen molar-refractivity contribution in [2.75, 3.05) is 13.2 Å². The van der Waals surface area contributed by atoms with Crippen LogP contribution < -0.4 is 15.8 Å². The van der Waals surface area contributed by atoms with E-state index in [1.807, 2.05) is 31.2 Å². The van der Waals surface area contributed by atoms with Crippen LogP contribution in [0.3, 0.4) is 0 Å². The molecule has 1 amide bonds. The standard InChI is InChI=1S/C13H20N2O2/c1-3-8-17-11-7-5-6-10(9-11)12(13(14)16)15-4-2/h5-7,9,12,15H,3-4,8H2,1-2H3,(H2,14,16). The summed E-state index contributed by atoms with van der Waals surface area (Å²) in [6.45, 7) is 5.35. The summed E-state index contributed by atoms with van der Waals surface area (Å²) in [5.74, 6) is 0.396. The summed E-state index contributed by atoms with van der Waals surface area (Å²) in [5.41, 5.74) is 6.20. The smallest absolute Gasteiger partial charge is 0.239 e. The number of amides is 1. The maximum Gasteiger partial charge on any atom is 0.239 e. The van der Waals surface area contributed by atoms with Gasteiger partial charge in [-0.05, 0) is 30.7 Å². The minimum absolute atomic E-state index is 0.375. The van der Waals surface area contributed by atoms with Crippen molar-refractivity contribution in [2.45, 2.75) is 26.3 Å². The van der Waals surface area contributed by atoms with E-state index in [1.54, 1.807) is 0 Å². The normalized spacial score (nSPS) is 12.1. The van der Waals surface area contributed by atoms with E-state index in [0.717, 1.165) is 17.7 Å². The van der Waals surface area contributed by atoms with Gasteiger partial charge < -0.3 is 15.8 Å². The third kappa shape index (κ3) is 4.07. The summed E-state index contributed by atoms with van der Waals surface area (Å²) in [7, 11) is 0. The van der Waals surface area contributed by atoms with E-state index in [1.165, 1.54) is 0 Å². The molecular formula is C13H20N2O2. The highest BCUT2D eigenvalue weighted by Gasteiger charge is 2.16. The van der Waals surface area contributed by atoms with Crippen LogP contribution in [0.4, 0.5) is 0 Å². The molecule has 1 unspecified atom stereocenters. The second-order valence-corrected chi connectivity index (χ2v) is 3.81. The molecule has 1 atom stereocenters. The molecule has 0 saturated heterocycles. The number of nitrogens with one attached hydrogen (secondary N) is 1. The minimum atomic E-state index is -0.454. The fraction of sp³-hybridized carbons (Fsp3) is 0.462. The highest BCUT2D eigenvalue weighted by molar-refractivity contribution is 5.81. The molecule has 0 bridgehead atoms. The first kappa shape index (κ1) is 13.5. The highest BCUT2D eigenvalue weighted by Crippen LogP contribution is 2.19. The Balaban J connectivity index is 2.83. The topological polar surface area (TPSA) is 64.3 Å². The third-order valence-electron chi connectivity index (χ3n) is 2.36. The molecule has 17 heavy (non-hydrogen) atoms. The van der Waals surface area contributed by atoms with Crippen LogP contribution in [-0.4, -0.2) is 19.1 Å². The van der Waals surface area contributed by atoms with Gasteiger partial charge in [0.05, 0.1) is 6.61 Å². The molecule has 1 aromatic carbocycles. The van der Waals surface area contributed by atoms with Crippen molar-refractivity contribution in [1.29, 1.82) is 0 Å². The first-order chi connectivity index (χ1) is 8.19. The number of rotatable bonds is 7. The third-order valence-corrected chi connectivity index (χ3v) is 2.36. The molecule has 1 aromatic rings. The molecule has 0 heterocycles. The summed E-state index contributed by atoms with van der Waals surface area (Å²) in [6, 6.07) is 7.02. The number of carbonyl (C=O) groups excluding carboxylic acids is 1. The predicted octanol–water partition coefficient (Wildman–Crippen LogP) is 1.61. The lowest BCUT2D eigenvalue weighted by molar-refractivity contribution is -0.120. The van der Waals surface area contributed by atoms with Gasteiger partial charge in [0, 0.05) is 0 Å². The van der Waals surface area contributed by atoms with E-state index in [0.29, 0.717) is 13.2 Å². The van der Waals surface area contributed by atoms with Gasteiger partial charge in [0.25, 0.3) is 0 Å². The van der Waals surface area contributed by atoms with Crippen LogP contribution in [0.1, 0.15) is 31.9 Å². The fourth-order valence-electron chi connectivity index (χ4n) is 1.59. The van der Waals surface area contributed by atoms with Crippen LogP contribution in [-0.2, 0) is 4.79 Å². The lowest BCUT2D eigenvalue weighted by Gasteiger charge is -2.15. The molecule has 0 aliphatic rings. The number of likely N-dealkylation sites (N-methyl/N-ethyl adjacent to an activating group) is 1. The van der Waals surface area contributed by atoms with E-state index < -0.39 is 6.04 Å². The van der Waals surface area contributed by atoms with E-state index in [4.69, 9.17) is 10.5 Å². The van der Waals surface area contributed by atoms with E-state index in [-0.39, 0.29) is 5.91 Å². The van der Waals surface area contributed by atoms with Crippen LogP contribution in [0.2, 0.25) is 0 Å². The van der Waals surface area contributed by atoms with Gasteiger partial charge in [-0.15, -0.1) is 0 Å². The van der Waals surface area contributed by atoms with E-state index >= 15 is 0 Å². The van der Waals surface area contributed by atoms with Crippen LogP contribution in [0.25, 0.3) is 0 Å². The summed E-state index contributed by atoms with van der Waals surface area (Å²) >= 11 is 0. The Morgan fingerprint density at radius 1 is 1.47 bits per heavy atom. The summed E-state index contributed by atoms with van der Waals surface area (Å²) in [6.07, 6.45) is 0.955. The zero-order valence-electron chi connectivity index (χ0n) is 10.4. The van der Waals surface area contributed by atoms with Crippen molar-refractivity contribution in [3.05, 3.63) is 29.8 Å². The van der Waals surface area contributed by atoms with E-state index in [9.17, 15) is 4.79 Å². The lowest BCUT2D eigenvalue weighted by Crippen LogP contribution is -2.33. The van der Waals surface area contributed by atoms with Crippen LogP contribution in [0.5, 0.6) is 5.75 Å². The largest absolute Gasteiger partial charge is 0.494 e. The maximum atomic E-state index is 11.3. The van der Waals surface area contributed by atoms with Crippen molar-refractivity contribution in [1.82, 2.24) is 5.32 Å². The Bertz CT molecular complexity index is 366. The molecule has 94 valence electrons. The summed E-state index contributed by atoms with van der Waals surface area (Å²) in [5, 5.41) is 3.05. The van der Waals surface area contributed by atoms with Crippen molar-refractivity contribution in [2.24, 2.45) is 5.73 Å². The number of ether oxygens (including phenoxy) is 1. The van der Waals surface area contributed by atoms with Crippen molar-refractivity contribution in [3.8, 4) is 5.75 Å². The van der Waals surface area contributed by atoms with Crippen molar-refractivity contribution in [3.63, 3.8) is 0 Å². The molecule has 0 fully saturated rings. The van der Waals surface area contributed by atoms with Gasteiger partial charge >= 0.3 is 0 Å². The highest BCUT2D eigenvalue weighted by atomic mass is 16.5. The predicted molar refractivity (Wildman–Crippen MR) is 67.8 cm³/mol. The maximum absolute atomic E-state index is 11.3. The Hall–Kier alpha value is -1.55. The second kappa shape index (κ2) is 6.91. The second-order valence-electron chi connectivity index (χ2n) is 3.81. The molecule has 0 spiro atoms. The molecule has 4 nitrogen and oxygen atoms in total. The quantitative estimate of drug-likeness (QED) is 0.756. The number of primary amides is 1. The average molecular weight is 236 g/mol. The number of carbonyl (C=O) groups is 1. The van der Waals surface area contributed by atoms with Crippen LogP contribution in [0.15, 0.2) is 24.3 Å². The monoisotopic (exact) mass is 236 g/mol. The number of benzene rings is 1. The van der Waals surface area contributed by atoms with Gasteiger partial charge in [-0.3, -0.25) is 4.79 Å². The van der Waals surface area contributed by atoms with Gasteiger partial charge in [0.2, 0.25) is 5.91 Å². The lowest BCUT2D eigenvalue weighted by atomic mass is 10.1. The molecular weight excluding hydrogens is 216 g/mol.